The van der Waals surface area contributed by atoms with Crippen LogP contribution in [0.5, 0.6) is 0 Å². The van der Waals surface area contributed by atoms with Crippen LogP contribution in [0.4, 0.5) is 13.8 Å². The van der Waals surface area contributed by atoms with Crippen molar-refractivity contribution in [1.29, 1.82) is 0 Å². The van der Waals surface area contributed by atoms with E-state index in [0.717, 1.165) is 23.5 Å². The predicted molar refractivity (Wildman–Crippen MR) is 95.5 cm³/mol. The van der Waals surface area contributed by atoms with E-state index < -0.39 is 32.9 Å². The number of benzene rings is 2. The number of hydrogen-bond donors (Lipinski definition) is 1. The molecular formula is C17H10ClF2NO3S2. The van der Waals surface area contributed by atoms with Crippen molar-refractivity contribution in [2.45, 2.75) is 9.79 Å². The van der Waals surface area contributed by atoms with E-state index in [2.05, 4.69) is 5.32 Å². The Morgan fingerprint density at radius 2 is 1.73 bits per heavy atom. The molecule has 1 N–H and O–H groups in total. The van der Waals surface area contributed by atoms with Gasteiger partial charge < -0.3 is 5.32 Å². The quantitative estimate of drug-likeness (QED) is 0.670. The lowest BCUT2D eigenvalue weighted by Crippen LogP contribution is -2.15. The molecule has 26 heavy (non-hydrogen) atoms. The van der Waals surface area contributed by atoms with Gasteiger partial charge in [0.25, 0.3) is 5.91 Å². The van der Waals surface area contributed by atoms with Crippen LogP contribution in [0.1, 0.15) is 10.4 Å². The Labute approximate surface area is 157 Å². The number of halogens is 3. The monoisotopic (exact) mass is 413 g/mol. The summed E-state index contributed by atoms with van der Waals surface area (Å²) >= 11 is 6.74. The van der Waals surface area contributed by atoms with Crippen molar-refractivity contribution in [2.24, 2.45) is 0 Å². The van der Waals surface area contributed by atoms with Crippen molar-refractivity contribution in [3.8, 4) is 0 Å². The highest BCUT2D eigenvalue weighted by Crippen LogP contribution is 2.33. The van der Waals surface area contributed by atoms with E-state index in [0.29, 0.717) is 11.1 Å². The molecule has 0 saturated heterocycles. The molecule has 0 radical (unpaired) electrons. The van der Waals surface area contributed by atoms with E-state index in [1.165, 1.54) is 35.7 Å². The van der Waals surface area contributed by atoms with Gasteiger partial charge in [0.05, 0.1) is 10.5 Å². The van der Waals surface area contributed by atoms with Crippen LogP contribution in [0.2, 0.25) is 5.02 Å². The Kier molecular flexibility index (Phi) is 5.08. The Hall–Kier alpha value is -2.29. The Morgan fingerprint density at radius 3 is 2.38 bits per heavy atom. The summed E-state index contributed by atoms with van der Waals surface area (Å²) in [4.78, 5) is 12.1. The van der Waals surface area contributed by atoms with Crippen molar-refractivity contribution in [2.75, 3.05) is 5.32 Å². The summed E-state index contributed by atoms with van der Waals surface area (Å²) in [5.41, 5.74) is -0.394. The molecule has 0 bridgehead atoms. The summed E-state index contributed by atoms with van der Waals surface area (Å²) in [5.74, 6) is -2.74. The van der Waals surface area contributed by atoms with E-state index >= 15 is 0 Å². The van der Waals surface area contributed by atoms with Crippen molar-refractivity contribution in [1.82, 2.24) is 0 Å². The zero-order chi connectivity index (χ0) is 18.9. The minimum absolute atomic E-state index is 0.00348. The summed E-state index contributed by atoms with van der Waals surface area (Å²) in [6, 6.07) is 9.42. The maximum atomic E-state index is 13.7. The molecule has 1 heterocycles. The third-order valence-electron chi connectivity index (χ3n) is 3.45. The van der Waals surface area contributed by atoms with Crippen LogP contribution in [0.25, 0.3) is 0 Å². The molecule has 0 unspecified atom stereocenters. The third kappa shape index (κ3) is 3.62. The fourth-order valence-electron chi connectivity index (χ4n) is 2.19. The maximum absolute atomic E-state index is 13.7. The highest BCUT2D eigenvalue weighted by atomic mass is 35.5. The third-order valence-corrected chi connectivity index (χ3v) is 6.47. The molecular weight excluding hydrogens is 404 g/mol. The standard InChI is InChI=1S/C17H10ClF2NO3S2/c18-10-1-4-12(5-2-10)26(23,24)15-7-8-25-17(15)21-16(22)13-6-3-11(19)9-14(13)20/h1-9H,(H,21,22). The molecule has 4 nitrogen and oxygen atoms in total. The van der Waals surface area contributed by atoms with Crippen LogP contribution in [0.3, 0.4) is 0 Å². The Bertz CT molecular complexity index is 1080. The molecule has 1 aromatic heterocycles. The zero-order valence-electron chi connectivity index (χ0n) is 12.9. The van der Waals surface area contributed by atoms with Crippen LogP contribution < -0.4 is 5.32 Å². The molecule has 1 amide bonds. The first-order chi connectivity index (χ1) is 12.3. The molecule has 134 valence electrons. The summed E-state index contributed by atoms with van der Waals surface area (Å²) in [7, 11) is -3.90. The number of thiophene rings is 1. The molecule has 2 aromatic carbocycles. The van der Waals surface area contributed by atoms with Crippen molar-refractivity contribution in [3.05, 3.63) is 76.1 Å². The van der Waals surface area contributed by atoms with E-state index in [9.17, 15) is 22.0 Å². The number of carbonyl (C=O) groups is 1. The highest BCUT2D eigenvalue weighted by Gasteiger charge is 2.24. The van der Waals surface area contributed by atoms with Crippen molar-refractivity contribution < 1.29 is 22.0 Å². The second-order valence-electron chi connectivity index (χ2n) is 5.15. The second-order valence-corrected chi connectivity index (χ2v) is 8.42. The molecule has 0 saturated carbocycles. The van der Waals surface area contributed by atoms with Crippen LogP contribution in [0, 0.1) is 11.6 Å². The van der Waals surface area contributed by atoms with Gasteiger partial charge in [-0.2, -0.15) is 0 Å². The van der Waals surface area contributed by atoms with Crippen LogP contribution in [0.15, 0.2) is 63.7 Å². The largest absolute Gasteiger partial charge is 0.312 e. The molecule has 3 aromatic rings. The number of nitrogens with one attached hydrogen (secondary N) is 1. The van der Waals surface area contributed by atoms with Gasteiger partial charge in [0.2, 0.25) is 9.84 Å². The Morgan fingerprint density at radius 1 is 1.04 bits per heavy atom. The van der Waals surface area contributed by atoms with Gasteiger partial charge >= 0.3 is 0 Å². The minimum Gasteiger partial charge on any atom is -0.312 e. The lowest BCUT2D eigenvalue weighted by molar-refractivity contribution is 0.102. The summed E-state index contributed by atoms with van der Waals surface area (Å²) in [6.45, 7) is 0. The lowest BCUT2D eigenvalue weighted by atomic mass is 10.2. The molecule has 0 aliphatic heterocycles. The fourth-order valence-corrected chi connectivity index (χ4v) is 4.84. The van der Waals surface area contributed by atoms with Gasteiger partial charge in [-0.1, -0.05) is 11.6 Å². The second kappa shape index (κ2) is 7.14. The van der Waals surface area contributed by atoms with Crippen LogP contribution >= 0.6 is 22.9 Å². The van der Waals surface area contributed by atoms with Gasteiger partial charge in [-0.15, -0.1) is 11.3 Å². The molecule has 0 aliphatic carbocycles. The normalized spacial score (nSPS) is 11.3. The first-order valence-electron chi connectivity index (χ1n) is 7.13. The van der Waals surface area contributed by atoms with Gasteiger partial charge in [0, 0.05) is 11.1 Å². The number of sulfone groups is 1. The fraction of sp³-hybridized carbons (Fsp3) is 0. The van der Waals surface area contributed by atoms with Gasteiger partial charge in [-0.3, -0.25) is 4.79 Å². The molecule has 3 rings (SSSR count). The first kappa shape index (κ1) is 18.5. The minimum atomic E-state index is -3.90. The van der Waals surface area contributed by atoms with E-state index in [1.807, 2.05) is 0 Å². The summed E-state index contributed by atoms with van der Waals surface area (Å²) in [5, 5.41) is 4.27. The smallest absolute Gasteiger partial charge is 0.259 e. The van der Waals surface area contributed by atoms with Gasteiger partial charge in [-0.05, 0) is 47.8 Å². The number of rotatable bonds is 4. The van der Waals surface area contributed by atoms with Gasteiger partial charge in [-0.25, -0.2) is 17.2 Å². The number of carbonyl (C=O) groups excluding carboxylic acids is 1. The molecule has 9 heteroatoms. The number of anilines is 1. The topological polar surface area (TPSA) is 63.2 Å². The van der Waals surface area contributed by atoms with Gasteiger partial charge in [0.15, 0.2) is 0 Å². The predicted octanol–water partition coefficient (Wildman–Crippen LogP) is 4.76. The summed E-state index contributed by atoms with van der Waals surface area (Å²) < 4.78 is 52.2. The van der Waals surface area contributed by atoms with Crippen LogP contribution in [-0.4, -0.2) is 14.3 Å². The first-order valence-corrected chi connectivity index (χ1v) is 9.87. The van der Waals surface area contributed by atoms with E-state index in [-0.39, 0.29) is 14.8 Å². The maximum Gasteiger partial charge on any atom is 0.259 e. The van der Waals surface area contributed by atoms with Gasteiger partial charge in [0.1, 0.15) is 21.5 Å². The lowest BCUT2D eigenvalue weighted by Gasteiger charge is -2.08. The van der Waals surface area contributed by atoms with E-state index in [1.54, 1.807) is 0 Å². The molecule has 0 spiro atoms. The number of amides is 1. The number of hydrogen-bond acceptors (Lipinski definition) is 4. The SMILES string of the molecule is O=C(Nc1sccc1S(=O)(=O)c1ccc(Cl)cc1)c1ccc(F)cc1F. The zero-order valence-corrected chi connectivity index (χ0v) is 15.3. The molecule has 0 fully saturated rings. The highest BCUT2D eigenvalue weighted by molar-refractivity contribution is 7.91. The van der Waals surface area contributed by atoms with E-state index in [4.69, 9.17) is 11.6 Å². The van der Waals surface area contributed by atoms with Crippen molar-refractivity contribution >= 4 is 43.7 Å². The van der Waals surface area contributed by atoms with Crippen LogP contribution in [-0.2, 0) is 9.84 Å². The Balaban J connectivity index is 1.93. The molecule has 0 aliphatic rings. The average Bonchev–Trinajstić information content (AvgIpc) is 3.04. The van der Waals surface area contributed by atoms with Crippen molar-refractivity contribution in [3.63, 3.8) is 0 Å². The average molecular weight is 414 g/mol. The molecule has 0 atom stereocenters. The summed E-state index contributed by atoms with van der Waals surface area (Å²) in [6.07, 6.45) is 0.